The number of hydrogen-bond acceptors (Lipinski definition) is 8. The first-order chi connectivity index (χ1) is 21.9. The van der Waals surface area contributed by atoms with Gasteiger partial charge in [-0.1, -0.05) is 12.1 Å². The van der Waals surface area contributed by atoms with Crippen LogP contribution < -0.4 is 9.64 Å². The maximum atomic E-state index is 13.3. The first-order valence-electron chi connectivity index (χ1n) is 15.8. The van der Waals surface area contributed by atoms with Crippen LogP contribution in [-0.2, 0) is 4.74 Å². The number of amides is 1. The summed E-state index contributed by atoms with van der Waals surface area (Å²) < 4.78 is 13.3. The Morgan fingerprint density at radius 1 is 1.09 bits per heavy atom. The van der Waals surface area contributed by atoms with Gasteiger partial charge in [0.15, 0.2) is 0 Å². The molecule has 8 rings (SSSR count). The van der Waals surface area contributed by atoms with Crippen LogP contribution in [0.2, 0.25) is 0 Å². The number of ether oxygens (including phenoxy) is 2. The van der Waals surface area contributed by atoms with Crippen molar-refractivity contribution >= 4 is 17.2 Å². The number of carbonyl (C=O) groups is 1. The third kappa shape index (κ3) is 4.91. The SMILES string of the molecule is Cc1cccc(C(=O)N2CC3CN(c4ccc(-c5cc(OCCN6CC7(COC7)C6)cn6ncc(C#N)c56)cn4)CC3C2)c1C. The van der Waals surface area contributed by atoms with Gasteiger partial charge in [0, 0.05) is 86.0 Å². The number of benzene rings is 1. The van der Waals surface area contributed by atoms with Crippen molar-refractivity contribution in [2.45, 2.75) is 13.8 Å². The second kappa shape index (κ2) is 10.9. The highest BCUT2D eigenvalue weighted by atomic mass is 16.5. The minimum Gasteiger partial charge on any atom is -0.491 e. The number of aromatic nitrogens is 3. The van der Waals surface area contributed by atoms with Gasteiger partial charge in [0.25, 0.3) is 5.91 Å². The third-order valence-corrected chi connectivity index (χ3v) is 10.3. The Bertz CT molecular complexity index is 1800. The van der Waals surface area contributed by atoms with Crippen LogP contribution in [0.25, 0.3) is 16.6 Å². The van der Waals surface area contributed by atoms with Gasteiger partial charge in [0.2, 0.25) is 0 Å². The molecule has 1 aromatic carbocycles. The van der Waals surface area contributed by atoms with E-state index in [2.05, 4.69) is 46.1 Å². The van der Waals surface area contributed by atoms with Gasteiger partial charge in [-0.3, -0.25) is 9.69 Å². The second-order valence-corrected chi connectivity index (χ2v) is 13.4. The number of hydrogen-bond donors (Lipinski definition) is 0. The number of carbonyl (C=O) groups excluding carboxylic acids is 1. The fourth-order valence-corrected chi connectivity index (χ4v) is 7.64. The molecule has 2 unspecified atom stereocenters. The predicted molar refractivity (Wildman–Crippen MR) is 169 cm³/mol. The molecule has 3 aromatic heterocycles. The summed E-state index contributed by atoms with van der Waals surface area (Å²) in [5, 5.41) is 14.2. The Kier molecular flexibility index (Phi) is 6.77. The quantitative estimate of drug-likeness (QED) is 0.315. The van der Waals surface area contributed by atoms with E-state index in [0.29, 0.717) is 35.2 Å². The summed E-state index contributed by atoms with van der Waals surface area (Å²) in [5.74, 6) is 2.66. The molecule has 2 atom stereocenters. The number of likely N-dealkylation sites (tertiary alicyclic amines) is 2. The normalized spacial score (nSPS) is 21.9. The van der Waals surface area contributed by atoms with Crippen molar-refractivity contribution in [2.75, 3.05) is 70.5 Å². The molecule has 10 heteroatoms. The summed E-state index contributed by atoms with van der Waals surface area (Å²) in [6.45, 7) is 12.8. The molecule has 4 aliphatic rings. The Morgan fingerprint density at radius 3 is 2.58 bits per heavy atom. The number of pyridine rings is 2. The zero-order chi connectivity index (χ0) is 30.7. The van der Waals surface area contributed by atoms with Gasteiger partial charge in [-0.05, 0) is 49.2 Å². The molecule has 4 aromatic rings. The summed E-state index contributed by atoms with van der Waals surface area (Å²) in [6, 6.07) is 14.4. The molecule has 7 heterocycles. The van der Waals surface area contributed by atoms with Crippen molar-refractivity contribution in [1.29, 1.82) is 5.26 Å². The van der Waals surface area contributed by atoms with Crippen molar-refractivity contribution in [3.05, 3.63) is 77.2 Å². The Hall–Kier alpha value is -4.46. The van der Waals surface area contributed by atoms with Crippen molar-refractivity contribution in [3.8, 4) is 22.9 Å². The van der Waals surface area contributed by atoms with Crippen LogP contribution in [0.3, 0.4) is 0 Å². The summed E-state index contributed by atoms with van der Waals surface area (Å²) in [6.07, 6.45) is 5.32. The highest BCUT2D eigenvalue weighted by molar-refractivity contribution is 5.96. The molecular formula is C35H37N7O3. The minimum atomic E-state index is 0.145. The number of rotatable bonds is 7. The van der Waals surface area contributed by atoms with Gasteiger partial charge in [-0.25, -0.2) is 9.50 Å². The Balaban J connectivity index is 0.946. The fraction of sp³-hybridized carbons (Fsp3) is 0.429. The van der Waals surface area contributed by atoms with E-state index in [0.717, 1.165) is 98.2 Å². The van der Waals surface area contributed by atoms with Crippen LogP contribution in [0.5, 0.6) is 5.75 Å². The summed E-state index contributed by atoms with van der Waals surface area (Å²) in [7, 11) is 0. The van der Waals surface area contributed by atoms with Crippen LogP contribution in [0.4, 0.5) is 5.82 Å². The molecule has 230 valence electrons. The van der Waals surface area contributed by atoms with Crippen molar-refractivity contribution in [2.24, 2.45) is 17.3 Å². The lowest BCUT2D eigenvalue weighted by Crippen LogP contribution is -2.66. The summed E-state index contributed by atoms with van der Waals surface area (Å²) in [5.41, 5.74) is 6.47. The van der Waals surface area contributed by atoms with Crippen LogP contribution in [0.1, 0.15) is 27.0 Å². The predicted octanol–water partition coefficient (Wildman–Crippen LogP) is 3.80. The van der Waals surface area contributed by atoms with E-state index in [1.807, 2.05) is 42.4 Å². The lowest BCUT2D eigenvalue weighted by molar-refractivity contribution is -0.189. The number of aryl methyl sites for hydroxylation is 1. The summed E-state index contributed by atoms with van der Waals surface area (Å²) in [4.78, 5) is 25.0. The average Bonchev–Trinajstić information content (AvgIpc) is 3.72. The third-order valence-electron chi connectivity index (χ3n) is 10.3. The van der Waals surface area contributed by atoms with Gasteiger partial charge < -0.3 is 19.3 Å². The smallest absolute Gasteiger partial charge is 0.254 e. The maximum Gasteiger partial charge on any atom is 0.254 e. The van der Waals surface area contributed by atoms with Crippen LogP contribution >= 0.6 is 0 Å². The molecule has 45 heavy (non-hydrogen) atoms. The molecule has 1 spiro atoms. The molecular weight excluding hydrogens is 566 g/mol. The zero-order valence-corrected chi connectivity index (χ0v) is 25.8. The van der Waals surface area contributed by atoms with Gasteiger partial charge in [-0.15, -0.1) is 0 Å². The number of fused-ring (bicyclic) bond motifs is 2. The van der Waals surface area contributed by atoms with E-state index >= 15 is 0 Å². The lowest BCUT2D eigenvalue weighted by atomic mass is 9.78. The van der Waals surface area contributed by atoms with Crippen molar-refractivity contribution < 1.29 is 14.3 Å². The molecule has 4 fully saturated rings. The summed E-state index contributed by atoms with van der Waals surface area (Å²) >= 11 is 0. The average molecular weight is 604 g/mol. The maximum absolute atomic E-state index is 13.3. The minimum absolute atomic E-state index is 0.145. The fourth-order valence-electron chi connectivity index (χ4n) is 7.64. The standard InChI is InChI=1S/C35H37N7O3/c1-23-4-3-5-30(24(23)2)34(43)41-16-27-14-40(15-28(27)17-41)32-7-6-25(12-37-32)31-10-29(18-42-33(31)26(11-36)13-38-42)45-9-8-39-19-35(20-39)21-44-22-35/h3-7,10,12-13,18,27-28H,8-9,14-17,19-22H2,1-2H3. The van der Waals surface area contributed by atoms with Crippen LogP contribution in [0, 0.1) is 42.4 Å². The highest BCUT2D eigenvalue weighted by Crippen LogP contribution is 2.38. The van der Waals surface area contributed by atoms with Crippen LogP contribution in [0.15, 0.2) is 55.0 Å². The van der Waals surface area contributed by atoms with E-state index in [-0.39, 0.29) is 5.91 Å². The van der Waals surface area contributed by atoms with Gasteiger partial charge in [0.05, 0.1) is 36.7 Å². The largest absolute Gasteiger partial charge is 0.491 e. The number of nitrogens with zero attached hydrogens (tertiary/aromatic N) is 7. The monoisotopic (exact) mass is 603 g/mol. The zero-order valence-electron chi connectivity index (χ0n) is 25.8. The van der Waals surface area contributed by atoms with Gasteiger partial charge in [0.1, 0.15) is 24.2 Å². The molecule has 0 N–H and O–H groups in total. The molecule has 10 nitrogen and oxygen atoms in total. The van der Waals surface area contributed by atoms with Crippen molar-refractivity contribution in [3.63, 3.8) is 0 Å². The van der Waals surface area contributed by atoms with Crippen molar-refractivity contribution in [1.82, 2.24) is 24.4 Å². The topological polar surface area (TPSA) is 99.2 Å². The first-order valence-corrected chi connectivity index (χ1v) is 15.8. The molecule has 0 radical (unpaired) electrons. The van der Waals surface area contributed by atoms with E-state index < -0.39 is 0 Å². The molecule has 0 aliphatic carbocycles. The number of nitriles is 1. The Morgan fingerprint density at radius 2 is 1.89 bits per heavy atom. The molecule has 4 aliphatic heterocycles. The molecule has 0 saturated carbocycles. The first kappa shape index (κ1) is 28.0. The van der Waals surface area contributed by atoms with E-state index in [1.165, 1.54) is 0 Å². The number of anilines is 1. The highest BCUT2D eigenvalue weighted by Gasteiger charge is 2.48. The molecule has 0 bridgehead atoms. The van der Waals surface area contributed by atoms with Gasteiger partial charge in [-0.2, -0.15) is 10.4 Å². The second-order valence-electron chi connectivity index (χ2n) is 13.4. The van der Waals surface area contributed by atoms with E-state index in [1.54, 1.807) is 10.7 Å². The van der Waals surface area contributed by atoms with Gasteiger partial charge >= 0.3 is 0 Å². The lowest BCUT2D eigenvalue weighted by Gasteiger charge is -2.55. The van der Waals surface area contributed by atoms with Crippen LogP contribution in [-0.4, -0.2) is 95.9 Å². The van der Waals surface area contributed by atoms with E-state index in [9.17, 15) is 10.1 Å². The molecule has 1 amide bonds. The van der Waals surface area contributed by atoms with E-state index in [4.69, 9.17) is 14.5 Å². The Labute approximate surface area is 262 Å². The molecule has 4 saturated heterocycles.